The molecule has 0 aromatic heterocycles. The maximum atomic E-state index is 12.7. The molecule has 1 fully saturated rings. The summed E-state index contributed by atoms with van der Waals surface area (Å²) in [5.74, 6) is 0.586. The molecule has 0 unspecified atom stereocenters. The lowest BCUT2D eigenvalue weighted by molar-refractivity contribution is -0.121. The predicted molar refractivity (Wildman–Crippen MR) is 123 cm³/mol. The molecule has 0 spiro atoms. The smallest absolute Gasteiger partial charge is 0.254 e. The third kappa shape index (κ3) is 5.01. The molecule has 1 aliphatic heterocycles. The van der Waals surface area contributed by atoms with Crippen LogP contribution in [0.5, 0.6) is 5.75 Å². The molecule has 0 N–H and O–H groups in total. The Kier molecular flexibility index (Phi) is 7.67. The first-order valence-electron chi connectivity index (χ1n) is 11.8. The lowest BCUT2D eigenvalue weighted by atomic mass is 9.94. The van der Waals surface area contributed by atoms with Crippen LogP contribution < -0.4 is 4.74 Å². The Morgan fingerprint density at radius 3 is 2.09 bits per heavy atom. The molecule has 8 nitrogen and oxygen atoms in total. The predicted octanol–water partition coefficient (Wildman–Crippen LogP) is 3.07. The van der Waals surface area contributed by atoms with E-state index in [2.05, 4.69) is 0 Å². The minimum absolute atomic E-state index is 0.0120. The lowest BCUT2D eigenvalue weighted by Gasteiger charge is -2.26. The summed E-state index contributed by atoms with van der Waals surface area (Å²) in [6, 6.07) is 7.25. The molecular formula is C26H31NO7. The fourth-order valence-electron chi connectivity index (χ4n) is 4.78. The molecule has 1 aromatic carbocycles. The summed E-state index contributed by atoms with van der Waals surface area (Å²) >= 11 is 0. The number of morpholine rings is 1. The SMILES string of the molecule is COC1=C(OC)C(=O)C2=C(CC(CCCCOc3ccc(C(=O)N4CCOCC4)cc3)C2)C1=O. The van der Waals surface area contributed by atoms with Gasteiger partial charge in [-0.05, 0) is 62.3 Å². The van der Waals surface area contributed by atoms with Crippen LogP contribution in [0.1, 0.15) is 42.5 Å². The highest BCUT2D eigenvalue weighted by Crippen LogP contribution is 2.41. The number of hydrogen-bond donors (Lipinski definition) is 0. The van der Waals surface area contributed by atoms with Gasteiger partial charge in [-0.15, -0.1) is 0 Å². The van der Waals surface area contributed by atoms with E-state index >= 15 is 0 Å². The molecule has 1 amide bonds. The molecule has 3 aliphatic rings. The second-order valence-corrected chi connectivity index (χ2v) is 8.73. The summed E-state index contributed by atoms with van der Waals surface area (Å²) in [4.78, 5) is 39.6. The first-order valence-corrected chi connectivity index (χ1v) is 11.8. The highest BCUT2D eigenvalue weighted by Gasteiger charge is 2.41. The molecule has 34 heavy (non-hydrogen) atoms. The first-order chi connectivity index (χ1) is 16.5. The van der Waals surface area contributed by atoms with Crippen LogP contribution in [-0.2, 0) is 23.8 Å². The van der Waals surface area contributed by atoms with Crippen molar-refractivity contribution in [2.75, 3.05) is 47.1 Å². The van der Waals surface area contributed by atoms with Crippen molar-refractivity contribution in [2.24, 2.45) is 5.92 Å². The summed E-state index contributed by atoms with van der Waals surface area (Å²) in [6.07, 6.45) is 3.91. The van der Waals surface area contributed by atoms with Crippen LogP contribution >= 0.6 is 0 Å². The van der Waals surface area contributed by atoms with Gasteiger partial charge < -0.3 is 23.8 Å². The summed E-state index contributed by atoms with van der Waals surface area (Å²) in [5.41, 5.74) is 1.81. The zero-order chi connectivity index (χ0) is 24.1. The van der Waals surface area contributed by atoms with Crippen molar-refractivity contribution < 1.29 is 33.3 Å². The highest BCUT2D eigenvalue weighted by molar-refractivity contribution is 6.24. The van der Waals surface area contributed by atoms with E-state index in [1.54, 1.807) is 17.0 Å². The molecule has 0 atom stereocenters. The fraction of sp³-hybridized carbons (Fsp3) is 0.500. The zero-order valence-electron chi connectivity index (χ0n) is 19.8. The number of carbonyl (C=O) groups is 3. The lowest BCUT2D eigenvalue weighted by Crippen LogP contribution is -2.40. The second-order valence-electron chi connectivity index (χ2n) is 8.73. The number of allylic oxidation sites excluding steroid dienone is 2. The number of hydrogen-bond acceptors (Lipinski definition) is 7. The Labute approximate surface area is 199 Å². The number of nitrogens with zero attached hydrogens (tertiary/aromatic N) is 1. The average Bonchev–Trinajstić information content (AvgIpc) is 3.31. The maximum Gasteiger partial charge on any atom is 0.254 e. The number of rotatable bonds is 9. The van der Waals surface area contributed by atoms with Gasteiger partial charge in [0.05, 0.1) is 34.0 Å². The van der Waals surface area contributed by atoms with Crippen molar-refractivity contribution in [1.82, 2.24) is 4.90 Å². The van der Waals surface area contributed by atoms with Crippen LogP contribution in [0.2, 0.25) is 0 Å². The second kappa shape index (κ2) is 10.9. The molecule has 0 bridgehead atoms. The van der Waals surface area contributed by atoms with E-state index in [0.29, 0.717) is 62.5 Å². The minimum atomic E-state index is -0.227. The number of benzene rings is 1. The summed E-state index contributed by atoms with van der Waals surface area (Å²) < 4.78 is 21.4. The van der Waals surface area contributed by atoms with E-state index in [1.165, 1.54) is 14.2 Å². The summed E-state index contributed by atoms with van der Waals surface area (Å²) in [5, 5.41) is 0. The fourth-order valence-corrected chi connectivity index (χ4v) is 4.78. The molecular weight excluding hydrogens is 438 g/mol. The standard InChI is InChI=1S/C26H31NO7/c1-31-24-22(28)20-15-17(16-21(20)23(29)25(24)32-2)5-3-4-12-34-19-8-6-18(7-9-19)26(30)27-10-13-33-14-11-27/h6-9,17H,3-5,10-16H2,1-2H3. The van der Waals surface area contributed by atoms with Gasteiger partial charge in [-0.3, -0.25) is 14.4 Å². The van der Waals surface area contributed by atoms with E-state index in [0.717, 1.165) is 25.0 Å². The summed E-state index contributed by atoms with van der Waals surface area (Å²) in [6.45, 7) is 2.97. The molecule has 1 heterocycles. The van der Waals surface area contributed by atoms with Crippen LogP contribution in [0.4, 0.5) is 0 Å². The molecule has 182 valence electrons. The summed E-state index contributed by atoms with van der Waals surface area (Å²) in [7, 11) is 2.76. The first kappa shape index (κ1) is 24.0. The zero-order valence-corrected chi connectivity index (χ0v) is 19.8. The largest absolute Gasteiger partial charge is 0.494 e. The molecule has 2 aliphatic carbocycles. The Hall–Kier alpha value is -3.13. The van der Waals surface area contributed by atoms with Crippen LogP contribution in [0.15, 0.2) is 46.9 Å². The average molecular weight is 470 g/mol. The monoisotopic (exact) mass is 469 g/mol. The van der Waals surface area contributed by atoms with Gasteiger partial charge in [-0.2, -0.15) is 0 Å². The van der Waals surface area contributed by atoms with Crippen molar-refractivity contribution in [3.8, 4) is 5.75 Å². The van der Waals surface area contributed by atoms with E-state index in [9.17, 15) is 14.4 Å². The van der Waals surface area contributed by atoms with Crippen LogP contribution in [-0.4, -0.2) is 69.5 Å². The number of unbranched alkanes of at least 4 members (excludes halogenated alkanes) is 1. The molecule has 4 rings (SSSR count). The molecule has 1 aromatic rings. The minimum Gasteiger partial charge on any atom is -0.494 e. The number of carbonyl (C=O) groups excluding carboxylic acids is 3. The number of ketones is 2. The number of methoxy groups -OCH3 is 2. The van der Waals surface area contributed by atoms with Crippen LogP contribution in [0, 0.1) is 5.92 Å². The van der Waals surface area contributed by atoms with E-state index in [1.807, 2.05) is 12.1 Å². The number of ether oxygens (including phenoxy) is 4. The van der Waals surface area contributed by atoms with Crippen LogP contribution in [0.25, 0.3) is 0 Å². The normalized spacial score (nSPS) is 18.9. The van der Waals surface area contributed by atoms with E-state index in [-0.39, 0.29) is 34.9 Å². The van der Waals surface area contributed by atoms with E-state index in [4.69, 9.17) is 18.9 Å². The van der Waals surface area contributed by atoms with Gasteiger partial charge in [-0.1, -0.05) is 0 Å². The number of amides is 1. The molecule has 1 saturated heterocycles. The topological polar surface area (TPSA) is 91.4 Å². The highest BCUT2D eigenvalue weighted by atomic mass is 16.5. The third-order valence-electron chi connectivity index (χ3n) is 6.60. The van der Waals surface area contributed by atoms with Crippen molar-refractivity contribution in [3.63, 3.8) is 0 Å². The number of Topliss-reactive ketones (excluding diaryl/α,β-unsaturated/α-hetero) is 2. The molecule has 0 radical (unpaired) electrons. The van der Waals surface area contributed by atoms with Gasteiger partial charge in [0, 0.05) is 29.8 Å². The van der Waals surface area contributed by atoms with Gasteiger partial charge in [-0.25, -0.2) is 0 Å². The van der Waals surface area contributed by atoms with Gasteiger partial charge in [0.2, 0.25) is 23.1 Å². The van der Waals surface area contributed by atoms with Crippen molar-refractivity contribution in [3.05, 3.63) is 52.5 Å². The Morgan fingerprint density at radius 2 is 1.53 bits per heavy atom. The Balaban J connectivity index is 1.19. The quantitative estimate of drug-likeness (QED) is 0.405. The Bertz CT molecular complexity index is 964. The van der Waals surface area contributed by atoms with Crippen molar-refractivity contribution in [2.45, 2.75) is 32.1 Å². The van der Waals surface area contributed by atoms with Gasteiger partial charge in [0.1, 0.15) is 5.75 Å². The van der Waals surface area contributed by atoms with Crippen LogP contribution in [0.3, 0.4) is 0 Å². The van der Waals surface area contributed by atoms with E-state index < -0.39 is 0 Å². The van der Waals surface area contributed by atoms with Gasteiger partial charge in [0.25, 0.3) is 5.91 Å². The van der Waals surface area contributed by atoms with Crippen molar-refractivity contribution in [1.29, 1.82) is 0 Å². The molecule has 8 heteroatoms. The van der Waals surface area contributed by atoms with Crippen molar-refractivity contribution >= 4 is 17.5 Å². The third-order valence-corrected chi connectivity index (χ3v) is 6.60. The van der Waals surface area contributed by atoms with Gasteiger partial charge >= 0.3 is 0 Å². The maximum absolute atomic E-state index is 12.7. The Morgan fingerprint density at radius 1 is 0.941 bits per heavy atom. The molecule has 0 saturated carbocycles. The van der Waals surface area contributed by atoms with Gasteiger partial charge in [0.15, 0.2) is 0 Å².